The molecule has 2 aromatic rings. The van der Waals surface area contributed by atoms with Crippen LogP contribution in [0.15, 0.2) is 35.4 Å². The molecule has 0 bridgehead atoms. The first-order chi connectivity index (χ1) is 13.0. The molecular formula is C16H15ClF5N3O2S. The van der Waals surface area contributed by atoms with Gasteiger partial charge in [-0.05, 0) is 25.1 Å². The topological polar surface area (TPSA) is 63.1 Å². The highest BCUT2D eigenvalue weighted by molar-refractivity contribution is 7.83. The molecule has 1 amide bonds. The Labute approximate surface area is 164 Å². The lowest BCUT2D eigenvalue weighted by molar-refractivity contribution is -0.146. The van der Waals surface area contributed by atoms with Crippen molar-refractivity contribution in [2.24, 2.45) is 0 Å². The maximum atomic E-state index is 14.7. The van der Waals surface area contributed by atoms with Gasteiger partial charge in [0, 0.05) is 16.9 Å². The van der Waals surface area contributed by atoms with Gasteiger partial charge in [-0.25, -0.2) is 17.7 Å². The van der Waals surface area contributed by atoms with Crippen LogP contribution in [0.25, 0.3) is 0 Å². The van der Waals surface area contributed by atoms with Crippen LogP contribution in [0.1, 0.15) is 17.4 Å². The van der Waals surface area contributed by atoms with E-state index < -0.39 is 58.7 Å². The summed E-state index contributed by atoms with van der Waals surface area (Å²) in [5.74, 6) is -2.31. The van der Waals surface area contributed by atoms with E-state index in [0.717, 1.165) is 10.8 Å². The van der Waals surface area contributed by atoms with Gasteiger partial charge in [0.25, 0.3) is 5.91 Å². The molecule has 0 spiro atoms. The Morgan fingerprint density at radius 2 is 2.04 bits per heavy atom. The van der Waals surface area contributed by atoms with E-state index in [9.17, 15) is 31.0 Å². The van der Waals surface area contributed by atoms with E-state index in [-0.39, 0.29) is 5.69 Å². The lowest BCUT2D eigenvalue weighted by atomic mass is 10.3. The number of nitrogens with one attached hydrogen (secondary N) is 2. The van der Waals surface area contributed by atoms with E-state index in [0.29, 0.717) is 11.9 Å². The molecule has 28 heavy (non-hydrogen) atoms. The van der Waals surface area contributed by atoms with Gasteiger partial charge < -0.3 is 9.88 Å². The Kier molecular flexibility index (Phi) is 7.18. The van der Waals surface area contributed by atoms with Crippen LogP contribution in [0.3, 0.4) is 0 Å². The quantitative estimate of drug-likeness (QED) is 0.634. The minimum absolute atomic E-state index is 0.219. The first-order valence-corrected chi connectivity index (χ1v) is 9.33. The first kappa shape index (κ1) is 22.3. The zero-order valence-corrected chi connectivity index (χ0v) is 15.9. The number of aryl methyl sites for hydroxylation is 1. The number of carbonyl (C=O) groups is 1. The Balaban J connectivity index is 2.33. The fourth-order valence-electron chi connectivity index (χ4n) is 2.18. The molecule has 1 aromatic heterocycles. The first-order valence-electron chi connectivity index (χ1n) is 7.80. The van der Waals surface area contributed by atoms with Crippen molar-refractivity contribution in [3.8, 4) is 0 Å². The van der Waals surface area contributed by atoms with Crippen molar-refractivity contribution < 1.29 is 31.0 Å². The van der Waals surface area contributed by atoms with Crippen LogP contribution in [0.4, 0.5) is 27.6 Å². The van der Waals surface area contributed by atoms with Gasteiger partial charge in [-0.3, -0.25) is 4.79 Å². The third kappa shape index (κ3) is 5.30. The third-order valence-corrected chi connectivity index (χ3v) is 5.07. The maximum Gasteiger partial charge on any atom is 0.404 e. The fraction of sp³-hybridized carbons (Fsp3) is 0.312. The van der Waals surface area contributed by atoms with Crippen LogP contribution < -0.4 is 10.0 Å². The summed E-state index contributed by atoms with van der Waals surface area (Å²) in [5, 5.41) is 2.65. The Hall–Kier alpha value is -1.98. The van der Waals surface area contributed by atoms with Gasteiger partial charge in [0.1, 0.15) is 34.3 Å². The minimum Gasteiger partial charge on any atom is -0.337 e. The Morgan fingerprint density at radius 1 is 1.36 bits per heavy atom. The van der Waals surface area contributed by atoms with Gasteiger partial charge in [-0.1, -0.05) is 17.7 Å². The van der Waals surface area contributed by atoms with E-state index in [1.807, 2.05) is 0 Å². The van der Waals surface area contributed by atoms with Gasteiger partial charge >= 0.3 is 6.18 Å². The van der Waals surface area contributed by atoms with Crippen molar-refractivity contribution in [2.75, 3.05) is 12.0 Å². The van der Waals surface area contributed by atoms with Crippen molar-refractivity contribution in [1.29, 1.82) is 0 Å². The van der Waals surface area contributed by atoms with Crippen LogP contribution in [0.5, 0.6) is 0 Å². The van der Waals surface area contributed by atoms with Gasteiger partial charge in [0.05, 0.1) is 6.54 Å². The van der Waals surface area contributed by atoms with Crippen LogP contribution in [-0.2, 0) is 17.5 Å². The lowest BCUT2D eigenvalue weighted by Gasteiger charge is -2.15. The molecule has 154 valence electrons. The van der Waals surface area contributed by atoms with Crippen LogP contribution in [0, 0.1) is 5.82 Å². The molecule has 1 aromatic carbocycles. The summed E-state index contributed by atoms with van der Waals surface area (Å²) in [6.07, 6.45) is -3.87. The average molecular weight is 444 g/mol. The highest BCUT2D eigenvalue weighted by Crippen LogP contribution is 2.24. The molecular weight excluding hydrogens is 429 g/mol. The summed E-state index contributed by atoms with van der Waals surface area (Å²) in [6, 6.07) is 3.72. The lowest BCUT2D eigenvalue weighted by Crippen LogP contribution is -2.40. The number of hydrogen-bond acceptors (Lipinski definition) is 2. The van der Waals surface area contributed by atoms with Crippen molar-refractivity contribution >= 4 is 34.2 Å². The molecule has 2 atom stereocenters. The van der Waals surface area contributed by atoms with Gasteiger partial charge in [-0.2, -0.15) is 13.2 Å². The third-order valence-electron chi connectivity index (χ3n) is 3.58. The Bertz CT molecular complexity index is 888. The number of carbonyl (C=O) groups excluding carboxylic acids is 1. The number of nitrogens with zero attached hydrogens (tertiary/aromatic N) is 1. The molecule has 0 saturated carbocycles. The van der Waals surface area contributed by atoms with Crippen LogP contribution in [0.2, 0.25) is 5.02 Å². The summed E-state index contributed by atoms with van der Waals surface area (Å²) < 4.78 is 80.0. The highest BCUT2D eigenvalue weighted by atomic mass is 35.5. The fourth-order valence-corrected chi connectivity index (χ4v) is 3.43. The summed E-state index contributed by atoms with van der Waals surface area (Å²) >= 11 is 5.80. The van der Waals surface area contributed by atoms with Crippen LogP contribution >= 0.6 is 11.6 Å². The molecule has 0 radical (unpaired) electrons. The Morgan fingerprint density at radius 3 is 2.61 bits per heavy atom. The molecule has 0 aliphatic heterocycles. The molecule has 5 nitrogen and oxygen atoms in total. The van der Waals surface area contributed by atoms with Crippen molar-refractivity contribution in [2.45, 2.75) is 30.6 Å². The molecule has 0 aliphatic rings. The molecule has 2 rings (SSSR count). The van der Waals surface area contributed by atoms with E-state index in [4.69, 9.17) is 11.6 Å². The number of alkyl halides is 4. The number of amides is 1. The van der Waals surface area contributed by atoms with E-state index >= 15 is 0 Å². The summed E-state index contributed by atoms with van der Waals surface area (Å²) in [6.45, 7) is -0.730. The predicted molar refractivity (Wildman–Crippen MR) is 94.8 cm³/mol. The average Bonchev–Trinajstić information content (AvgIpc) is 2.90. The number of rotatable bonds is 7. The summed E-state index contributed by atoms with van der Waals surface area (Å²) in [7, 11) is -2.62. The number of aromatic nitrogens is 1. The monoisotopic (exact) mass is 443 g/mol. The molecule has 12 heteroatoms. The molecule has 1 heterocycles. The molecule has 2 N–H and O–H groups in total. The number of hydrogen-bond donors (Lipinski definition) is 2. The maximum absolute atomic E-state index is 14.7. The smallest absolute Gasteiger partial charge is 0.337 e. The summed E-state index contributed by atoms with van der Waals surface area (Å²) in [5.41, 5.74) is -0.446. The summed E-state index contributed by atoms with van der Waals surface area (Å²) in [4.78, 5) is 11.7. The number of benzene rings is 1. The largest absolute Gasteiger partial charge is 0.404 e. The normalized spacial score (nSPS) is 14.0. The van der Waals surface area contributed by atoms with E-state index in [2.05, 4.69) is 5.32 Å². The second kappa shape index (κ2) is 9.01. The van der Waals surface area contributed by atoms with E-state index in [1.165, 1.54) is 18.2 Å². The highest BCUT2D eigenvalue weighted by Gasteiger charge is 2.38. The zero-order valence-electron chi connectivity index (χ0n) is 14.3. The molecule has 0 aliphatic carbocycles. The SMILES string of the molecule is CC(NS(=O)c1cn(CCF)c(C(=O)Nc2cccc(Cl)c2)c1F)C(F)(F)F. The van der Waals surface area contributed by atoms with Gasteiger partial charge in [0.2, 0.25) is 0 Å². The predicted octanol–water partition coefficient (Wildman–Crippen LogP) is 4.07. The standard InChI is InChI=1S/C16H15ClF5N3O2S/c1-9(16(20,21)22)24-28(27)12-8-25(6-5-18)14(13(12)19)15(26)23-11-4-2-3-10(17)7-11/h2-4,7-9,24H,5-6H2,1H3,(H,23,26). The minimum atomic E-state index is -4.71. The van der Waals surface area contributed by atoms with Gasteiger partial charge in [-0.15, -0.1) is 0 Å². The zero-order chi connectivity index (χ0) is 21.1. The molecule has 2 unspecified atom stereocenters. The van der Waals surface area contributed by atoms with Crippen LogP contribution in [-0.4, -0.2) is 33.6 Å². The van der Waals surface area contributed by atoms with Crippen molar-refractivity contribution in [3.05, 3.63) is 47.0 Å². The molecule has 0 fully saturated rings. The second-order valence-corrected chi connectivity index (χ2v) is 7.30. The number of halogens is 6. The number of anilines is 1. The second-order valence-electron chi connectivity index (χ2n) is 5.65. The molecule has 0 saturated heterocycles. The van der Waals surface area contributed by atoms with Crippen molar-refractivity contribution in [1.82, 2.24) is 9.29 Å². The van der Waals surface area contributed by atoms with Crippen molar-refractivity contribution in [3.63, 3.8) is 0 Å². The van der Waals surface area contributed by atoms with Gasteiger partial charge in [0.15, 0.2) is 5.82 Å². The van der Waals surface area contributed by atoms with E-state index in [1.54, 1.807) is 10.8 Å².